The lowest BCUT2D eigenvalue weighted by Crippen LogP contribution is -2.37. The number of rotatable bonds is 6. The fraction of sp³-hybridized carbons (Fsp3) is 0.0159. The van der Waals surface area contributed by atoms with Crippen molar-refractivity contribution in [1.82, 2.24) is 19.0 Å². The molecule has 6 heteroatoms. The van der Waals surface area contributed by atoms with Crippen molar-refractivity contribution in [2.45, 2.75) is 6.17 Å². The van der Waals surface area contributed by atoms with Gasteiger partial charge in [-0.1, -0.05) is 206 Å². The summed E-state index contributed by atoms with van der Waals surface area (Å²) in [7, 11) is 0. The van der Waals surface area contributed by atoms with Crippen LogP contribution in [0.1, 0.15) is 17.3 Å². The summed E-state index contributed by atoms with van der Waals surface area (Å²) in [5.74, 6) is 1.38. The Morgan fingerprint density at radius 1 is 0.348 bits per heavy atom. The second-order valence-electron chi connectivity index (χ2n) is 17.8. The van der Waals surface area contributed by atoms with Crippen LogP contribution in [-0.4, -0.2) is 25.5 Å². The van der Waals surface area contributed by atoms with Crippen LogP contribution in [0.4, 0.5) is 0 Å². The molecular formula is C63H42N6. The first kappa shape index (κ1) is 39.0. The van der Waals surface area contributed by atoms with E-state index < -0.39 is 6.17 Å². The number of para-hydroxylation sites is 4. The summed E-state index contributed by atoms with van der Waals surface area (Å²) < 4.78 is 7.34. The standard InChI is InChI=1S/C63H42N6/c1-5-19-41(20-6-1)42-33-35-45(36-34-42)62-64-61(44-23-9-3-10-24-44)65-63(66-62)69-54-31-17-14-28-49(54)51-38-37-50-48-27-13-16-30-53(48)68(58(50)59(51)69)56-40-39-47(43-21-7-2-8-22-43)57-52-29-15-18-32-55(52)67(60(56)57)46-25-11-4-12-26-46/h1-40,61H,(H,64,65,66). The number of benzene rings is 10. The molecule has 1 N–H and O–H groups in total. The van der Waals surface area contributed by atoms with E-state index in [-0.39, 0.29) is 0 Å². The van der Waals surface area contributed by atoms with Crippen molar-refractivity contribution in [1.29, 1.82) is 0 Å². The molecule has 0 aliphatic carbocycles. The molecule has 1 aliphatic rings. The lowest BCUT2D eigenvalue weighted by molar-refractivity contribution is 0.661. The first-order valence-corrected chi connectivity index (χ1v) is 23.5. The largest absolute Gasteiger partial charge is 0.330 e. The molecule has 69 heavy (non-hydrogen) atoms. The maximum atomic E-state index is 5.52. The Kier molecular flexibility index (Phi) is 8.86. The molecule has 0 radical (unpaired) electrons. The fourth-order valence-electron chi connectivity index (χ4n) is 10.9. The van der Waals surface area contributed by atoms with E-state index in [4.69, 9.17) is 9.98 Å². The average Bonchev–Trinajstić information content (AvgIpc) is 4.08. The molecule has 1 aliphatic heterocycles. The van der Waals surface area contributed by atoms with Gasteiger partial charge in [-0.2, -0.15) is 4.99 Å². The molecule has 0 saturated carbocycles. The Labute approximate surface area is 398 Å². The van der Waals surface area contributed by atoms with Gasteiger partial charge in [0.05, 0.1) is 38.8 Å². The van der Waals surface area contributed by atoms with E-state index in [9.17, 15) is 0 Å². The molecular weight excluding hydrogens is 841 g/mol. The van der Waals surface area contributed by atoms with Crippen molar-refractivity contribution in [3.8, 4) is 33.6 Å². The third-order valence-corrected chi connectivity index (χ3v) is 13.9. The summed E-state index contributed by atoms with van der Waals surface area (Å²) in [5, 5.41) is 10.9. The van der Waals surface area contributed by atoms with Gasteiger partial charge < -0.3 is 14.5 Å². The SMILES string of the molecule is c1ccc(-c2ccc(C3=NC(c4ccccc4)NC(n4c5ccccc5c5ccc6c7ccccc7n(-c7ccc(-c8ccccc8)c8c9ccccc9n(-c9ccccc9)c78)c6c54)=N3)cc2)cc1. The van der Waals surface area contributed by atoms with Crippen LogP contribution < -0.4 is 5.32 Å². The van der Waals surface area contributed by atoms with Gasteiger partial charge in [0.2, 0.25) is 5.96 Å². The molecule has 0 spiro atoms. The summed E-state index contributed by atoms with van der Waals surface area (Å²) in [6.45, 7) is 0. The lowest BCUT2D eigenvalue weighted by atomic mass is 9.98. The first-order chi connectivity index (χ1) is 34.3. The first-order valence-electron chi connectivity index (χ1n) is 23.5. The molecule has 1 atom stereocenters. The highest BCUT2D eigenvalue weighted by molar-refractivity contribution is 6.27. The highest BCUT2D eigenvalue weighted by atomic mass is 15.3. The number of hydrogen-bond donors (Lipinski definition) is 1. The van der Waals surface area contributed by atoms with Crippen molar-refractivity contribution in [2.24, 2.45) is 9.98 Å². The molecule has 13 aromatic rings. The predicted octanol–water partition coefficient (Wildman–Crippen LogP) is 15.3. The number of aliphatic imine (C=N–C) groups is 2. The van der Waals surface area contributed by atoms with E-state index in [0.717, 1.165) is 77.3 Å². The van der Waals surface area contributed by atoms with Gasteiger partial charge in [0, 0.05) is 43.6 Å². The molecule has 0 saturated heterocycles. The van der Waals surface area contributed by atoms with Gasteiger partial charge in [-0.15, -0.1) is 0 Å². The van der Waals surface area contributed by atoms with Crippen LogP contribution in [0.2, 0.25) is 0 Å². The average molecular weight is 883 g/mol. The Balaban J connectivity index is 1.10. The molecule has 3 aromatic heterocycles. The van der Waals surface area contributed by atoms with Gasteiger partial charge in [0.1, 0.15) is 6.17 Å². The zero-order valence-corrected chi connectivity index (χ0v) is 37.4. The minimum absolute atomic E-state index is 0.393. The Bertz CT molecular complexity index is 4180. The maximum Gasteiger partial charge on any atom is 0.212 e. The quantitative estimate of drug-likeness (QED) is 0.178. The number of amidine groups is 1. The van der Waals surface area contributed by atoms with Gasteiger partial charge in [-0.05, 0) is 64.2 Å². The van der Waals surface area contributed by atoms with Gasteiger partial charge in [0.25, 0.3) is 0 Å². The van der Waals surface area contributed by atoms with Crippen molar-refractivity contribution in [2.75, 3.05) is 0 Å². The van der Waals surface area contributed by atoms with Crippen LogP contribution in [-0.2, 0) is 0 Å². The van der Waals surface area contributed by atoms with E-state index in [2.05, 4.69) is 262 Å². The summed E-state index contributed by atoms with van der Waals surface area (Å²) >= 11 is 0. The highest BCUT2D eigenvalue weighted by Gasteiger charge is 2.29. The smallest absolute Gasteiger partial charge is 0.212 e. The molecule has 0 amide bonds. The topological polar surface area (TPSA) is 51.5 Å². The monoisotopic (exact) mass is 882 g/mol. The summed E-state index contributed by atoms with van der Waals surface area (Å²) in [5.41, 5.74) is 15.5. The van der Waals surface area contributed by atoms with Crippen LogP contribution in [0.15, 0.2) is 253 Å². The number of nitrogens with one attached hydrogen (secondary N) is 1. The molecule has 4 heterocycles. The molecule has 1 unspecified atom stereocenters. The minimum atomic E-state index is -0.393. The third-order valence-electron chi connectivity index (χ3n) is 13.9. The second-order valence-corrected chi connectivity index (χ2v) is 17.8. The Hall–Kier alpha value is -9.26. The summed E-state index contributed by atoms with van der Waals surface area (Å²) in [6.07, 6.45) is -0.393. The Morgan fingerprint density at radius 2 is 0.841 bits per heavy atom. The zero-order chi connectivity index (χ0) is 45.4. The number of hydrogen-bond acceptors (Lipinski definition) is 3. The lowest BCUT2D eigenvalue weighted by Gasteiger charge is -2.25. The molecule has 14 rings (SSSR count). The molecule has 324 valence electrons. The number of aromatic nitrogens is 3. The number of nitrogens with zero attached hydrogens (tertiary/aromatic N) is 5. The van der Waals surface area contributed by atoms with E-state index in [1.807, 2.05) is 0 Å². The molecule has 10 aromatic carbocycles. The highest BCUT2D eigenvalue weighted by Crippen LogP contribution is 2.46. The van der Waals surface area contributed by atoms with E-state index in [1.54, 1.807) is 0 Å². The minimum Gasteiger partial charge on any atom is -0.330 e. The van der Waals surface area contributed by atoms with E-state index in [0.29, 0.717) is 11.8 Å². The van der Waals surface area contributed by atoms with Gasteiger partial charge >= 0.3 is 0 Å². The van der Waals surface area contributed by atoms with Crippen molar-refractivity contribution in [3.63, 3.8) is 0 Å². The fourth-order valence-corrected chi connectivity index (χ4v) is 10.9. The van der Waals surface area contributed by atoms with Gasteiger partial charge in [-0.3, -0.25) is 4.57 Å². The zero-order valence-electron chi connectivity index (χ0n) is 37.4. The van der Waals surface area contributed by atoms with Gasteiger partial charge in [0.15, 0.2) is 5.84 Å². The normalized spacial score (nSPS) is 13.9. The summed E-state index contributed by atoms with van der Waals surface area (Å²) in [6, 6.07) is 86.9. The van der Waals surface area contributed by atoms with E-state index >= 15 is 0 Å². The van der Waals surface area contributed by atoms with Crippen LogP contribution >= 0.6 is 0 Å². The molecule has 6 nitrogen and oxygen atoms in total. The van der Waals surface area contributed by atoms with Crippen molar-refractivity contribution in [3.05, 3.63) is 254 Å². The van der Waals surface area contributed by atoms with Gasteiger partial charge in [-0.25, -0.2) is 4.99 Å². The van der Waals surface area contributed by atoms with Crippen molar-refractivity contribution >= 4 is 77.2 Å². The van der Waals surface area contributed by atoms with Crippen LogP contribution in [0, 0.1) is 0 Å². The van der Waals surface area contributed by atoms with Crippen LogP contribution in [0.5, 0.6) is 0 Å². The predicted molar refractivity (Wildman–Crippen MR) is 287 cm³/mol. The van der Waals surface area contributed by atoms with E-state index in [1.165, 1.54) is 32.8 Å². The van der Waals surface area contributed by atoms with Crippen LogP contribution in [0.25, 0.3) is 99.0 Å². The third kappa shape index (κ3) is 6.12. The molecule has 0 bridgehead atoms. The van der Waals surface area contributed by atoms with Crippen LogP contribution in [0.3, 0.4) is 0 Å². The summed E-state index contributed by atoms with van der Waals surface area (Å²) in [4.78, 5) is 10.8. The van der Waals surface area contributed by atoms with Crippen molar-refractivity contribution < 1.29 is 0 Å². The second kappa shape index (κ2) is 15.7. The number of fused-ring (bicyclic) bond motifs is 10. The molecule has 0 fully saturated rings. The maximum absolute atomic E-state index is 5.52. The Morgan fingerprint density at radius 3 is 1.49 bits per heavy atom.